The number of nitroso groups, excluding NO2 is 1. The quantitative estimate of drug-likeness (QED) is 0.714. The smallest absolute Gasteiger partial charge is 0.224 e. The zero-order chi connectivity index (χ0) is 13.8. The van der Waals surface area contributed by atoms with E-state index in [1.807, 2.05) is 6.07 Å². The molecule has 2 aromatic rings. The maximum atomic E-state index is 10.8. The van der Waals surface area contributed by atoms with Crippen LogP contribution in [0.15, 0.2) is 29.4 Å². The molecule has 0 atom stereocenters. The lowest BCUT2D eigenvalue weighted by Crippen LogP contribution is -2.04. The summed E-state index contributed by atoms with van der Waals surface area (Å²) < 4.78 is 5.17. The highest BCUT2D eigenvalue weighted by Gasteiger charge is 2.13. The van der Waals surface area contributed by atoms with Crippen LogP contribution in [0.4, 0.5) is 29.0 Å². The standard InChI is InChI=1S/C11H12N6O2/c1-19-7-5-3-2-4-6(7)14-10-8(17-18)9(12)15-11(13)16-10/h2-5H,1H3,(H5,12,13,14,15,16). The summed E-state index contributed by atoms with van der Waals surface area (Å²) in [5.41, 5.74) is 11.6. The molecule has 0 aliphatic carbocycles. The van der Waals surface area contributed by atoms with Gasteiger partial charge in [-0.15, -0.1) is 4.91 Å². The van der Waals surface area contributed by atoms with E-state index >= 15 is 0 Å². The van der Waals surface area contributed by atoms with Crippen molar-refractivity contribution in [2.24, 2.45) is 5.18 Å². The molecule has 8 heteroatoms. The fraction of sp³-hybridized carbons (Fsp3) is 0.0909. The zero-order valence-electron chi connectivity index (χ0n) is 10.1. The lowest BCUT2D eigenvalue weighted by Gasteiger charge is -2.11. The van der Waals surface area contributed by atoms with Crippen LogP contribution in [0.5, 0.6) is 5.75 Å². The van der Waals surface area contributed by atoms with Crippen molar-refractivity contribution < 1.29 is 4.74 Å². The number of hydrogen-bond donors (Lipinski definition) is 3. The van der Waals surface area contributed by atoms with Crippen LogP contribution in [0.2, 0.25) is 0 Å². The van der Waals surface area contributed by atoms with Crippen LogP contribution in [0.25, 0.3) is 0 Å². The van der Waals surface area contributed by atoms with Gasteiger partial charge >= 0.3 is 0 Å². The minimum Gasteiger partial charge on any atom is -0.495 e. The number of rotatable bonds is 4. The third-order valence-electron chi connectivity index (χ3n) is 2.38. The first-order valence-corrected chi connectivity index (χ1v) is 5.32. The lowest BCUT2D eigenvalue weighted by molar-refractivity contribution is 0.417. The number of nitrogens with one attached hydrogen (secondary N) is 1. The van der Waals surface area contributed by atoms with Crippen molar-refractivity contribution in [3.05, 3.63) is 29.2 Å². The van der Waals surface area contributed by atoms with Crippen molar-refractivity contribution in [2.45, 2.75) is 0 Å². The molecule has 0 saturated carbocycles. The Morgan fingerprint density at radius 2 is 2.00 bits per heavy atom. The molecule has 19 heavy (non-hydrogen) atoms. The summed E-state index contributed by atoms with van der Waals surface area (Å²) in [4.78, 5) is 18.4. The van der Waals surface area contributed by atoms with Gasteiger partial charge in [-0.3, -0.25) is 0 Å². The van der Waals surface area contributed by atoms with E-state index in [4.69, 9.17) is 16.2 Å². The second-order valence-corrected chi connectivity index (χ2v) is 3.58. The highest BCUT2D eigenvalue weighted by atomic mass is 16.5. The van der Waals surface area contributed by atoms with E-state index in [-0.39, 0.29) is 23.3 Å². The van der Waals surface area contributed by atoms with Crippen LogP contribution >= 0.6 is 0 Å². The summed E-state index contributed by atoms with van der Waals surface area (Å²) in [5.74, 6) is 0.571. The minimum absolute atomic E-state index is 0.0534. The monoisotopic (exact) mass is 260 g/mol. The van der Waals surface area contributed by atoms with Gasteiger partial charge in [-0.05, 0) is 17.3 Å². The maximum absolute atomic E-state index is 10.8. The van der Waals surface area contributed by atoms with Crippen molar-refractivity contribution in [1.82, 2.24) is 9.97 Å². The molecule has 98 valence electrons. The van der Waals surface area contributed by atoms with Gasteiger partial charge in [0.2, 0.25) is 5.95 Å². The second kappa shape index (κ2) is 5.17. The van der Waals surface area contributed by atoms with E-state index in [0.717, 1.165) is 0 Å². The summed E-state index contributed by atoms with van der Waals surface area (Å²) in [5, 5.41) is 5.70. The zero-order valence-corrected chi connectivity index (χ0v) is 10.1. The summed E-state index contributed by atoms with van der Waals surface area (Å²) >= 11 is 0. The number of ether oxygens (including phenoxy) is 1. The Balaban J connectivity index is 2.46. The van der Waals surface area contributed by atoms with Gasteiger partial charge in [0.15, 0.2) is 17.3 Å². The molecule has 1 aromatic heterocycles. The van der Waals surface area contributed by atoms with Gasteiger partial charge in [-0.2, -0.15) is 9.97 Å². The topological polar surface area (TPSA) is 129 Å². The van der Waals surface area contributed by atoms with Gasteiger partial charge in [0, 0.05) is 0 Å². The van der Waals surface area contributed by atoms with Crippen LogP contribution in [-0.4, -0.2) is 17.1 Å². The molecule has 0 unspecified atom stereocenters. The van der Waals surface area contributed by atoms with E-state index in [1.165, 1.54) is 7.11 Å². The average molecular weight is 260 g/mol. The fourth-order valence-electron chi connectivity index (χ4n) is 1.54. The first kappa shape index (κ1) is 12.6. The second-order valence-electron chi connectivity index (χ2n) is 3.58. The first-order valence-electron chi connectivity index (χ1n) is 5.32. The van der Waals surface area contributed by atoms with E-state index in [0.29, 0.717) is 11.4 Å². The molecule has 0 radical (unpaired) electrons. The molecule has 8 nitrogen and oxygen atoms in total. The van der Waals surface area contributed by atoms with E-state index < -0.39 is 0 Å². The van der Waals surface area contributed by atoms with Crippen molar-refractivity contribution >= 4 is 29.0 Å². The third kappa shape index (κ3) is 2.51. The number of nitrogens with zero attached hydrogens (tertiary/aromatic N) is 3. The number of para-hydroxylation sites is 2. The van der Waals surface area contributed by atoms with E-state index in [1.54, 1.807) is 18.2 Å². The Morgan fingerprint density at radius 1 is 1.26 bits per heavy atom. The highest BCUT2D eigenvalue weighted by Crippen LogP contribution is 2.34. The number of anilines is 4. The molecule has 1 aromatic carbocycles. The van der Waals surface area contributed by atoms with E-state index in [2.05, 4.69) is 20.5 Å². The number of benzene rings is 1. The van der Waals surface area contributed by atoms with Gasteiger partial charge < -0.3 is 21.5 Å². The molecule has 0 amide bonds. The summed E-state index contributed by atoms with van der Waals surface area (Å²) in [6, 6.07) is 7.12. The average Bonchev–Trinajstić information content (AvgIpc) is 2.39. The van der Waals surface area contributed by atoms with Crippen molar-refractivity contribution in [3.8, 4) is 5.75 Å². The summed E-state index contributed by atoms with van der Waals surface area (Å²) in [7, 11) is 1.53. The largest absolute Gasteiger partial charge is 0.495 e. The predicted octanol–water partition coefficient (Wildman–Crippen LogP) is 1.79. The summed E-state index contributed by atoms with van der Waals surface area (Å²) in [6.45, 7) is 0. The Labute approximate surface area is 108 Å². The Morgan fingerprint density at radius 3 is 2.68 bits per heavy atom. The van der Waals surface area contributed by atoms with Crippen LogP contribution in [0.1, 0.15) is 0 Å². The van der Waals surface area contributed by atoms with Crippen molar-refractivity contribution in [3.63, 3.8) is 0 Å². The number of aromatic nitrogens is 2. The first-order chi connectivity index (χ1) is 9.15. The number of nitrogens with two attached hydrogens (primary N) is 2. The SMILES string of the molecule is COc1ccccc1Nc1nc(N)nc(N)c1N=O. The third-order valence-corrected chi connectivity index (χ3v) is 2.38. The van der Waals surface area contributed by atoms with E-state index in [9.17, 15) is 4.91 Å². The molecular formula is C11H12N6O2. The Kier molecular flexibility index (Phi) is 3.42. The van der Waals surface area contributed by atoms with Gasteiger partial charge in [-0.25, -0.2) is 0 Å². The van der Waals surface area contributed by atoms with Crippen molar-refractivity contribution in [2.75, 3.05) is 23.9 Å². The molecule has 5 N–H and O–H groups in total. The molecule has 0 aliphatic rings. The van der Waals surface area contributed by atoms with Gasteiger partial charge in [0.25, 0.3) is 0 Å². The number of hydrogen-bond acceptors (Lipinski definition) is 8. The molecule has 0 aliphatic heterocycles. The maximum Gasteiger partial charge on any atom is 0.224 e. The molecular weight excluding hydrogens is 248 g/mol. The summed E-state index contributed by atoms with van der Waals surface area (Å²) in [6.07, 6.45) is 0. The van der Waals surface area contributed by atoms with Crippen LogP contribution in [0.3, 0.4) is 0 Å². The molecule has 0 saturated heterocycles. The van der Waals surface area contributed by atoms with Crippen molar-refractivity contribution in [1.29, 1.82) is 0 Å². The molecule has 0 spiro atoms. The fourth-order valence-corrected chi connectivity index (χ4v) is 1.54. The molecule has 0 bridgehead atoms. The highest BCUT2D eigenvalue weighted by molar-refractivity contribution is 5.78. The molecule has 0 fully saturated rings. The minimum atomic E-state index is -0.0971. The number of methoxy groups -OCH3 is 1. The van der Waals surface area contributed by atoms with Gasteiger partial charge in [-0.1, -0.05) is 12.1 Å². The number of nitrogen functional groups attached to an aromatic ring is 2. The molecule has 2 rings (SSSR count). The normalized spacial score (nSPS) is 9.95. The molecule has 1 heterocycles. The Bertz CT molecular complexity index is 616. The lowest BCUT2D eigenvalue weighted by atomic mass is 10.3. The van der Waals surface area contributed by atoms with Crippen LogP contribution < -0.4 is 21.5 Å². The van der Waals surface area contributed by atoms with Crippen LogP contribution in [-0.2, 0) is 0 Å². The van der Waals surface area contributed by atoms with Gasteiger partial charge in [0.1, 0.15) is 5.75 Å². The van der Waals surface area contributed by atoms with Gasteiger partial charge in [0.05, 0.1) is 12.8 Å². The Hall–Kier alpha value is -2.90. The van der Waals surface area contributed by atoms with Crippen LogP contribution in [0, 0.1) is 4.91 Å². The predicted molar refractivity (Wildman–Crippen MR) is 72.6 cm³/mol.